The number of carbonyl (C=O) groups excluding carboxylic acids is 1. The summed E-state index contributed by atoms with van der Waals surface area (Å²) in [6, 6.07) is 1.37. The lowest BCUT2D eigenvalue weighted by atomic mass is 10.2. The van der Waals surface area contributed by atoms with Crippen LogP contribution in [0.15, 0.2) is 10.7 Å². The summed E-state index contributed by atoms with van der Waals surface area (Å²) in [5.74, 6) is 1.49. The van der Waals surface area contributed by atoms with Gasteiger partial charge in [-0.3, -0.25) is 4.79 Å². The molecule has 0 radical (unpaired) electrons. The Morgan fingerprint density at radius 1 is 1.40 bits per heavy atom. The summed E-state index contributed by atoms with van der Waals surface area (Å²) in [6.07, 6.45) is 0. The van der Waals surface area contributed by atoms with Gasteiger partial charge in [0.05, 0.1) is 6.61 Å². The van der Waals surface area contributed by atoms with Crippen LogP contribution in [0.3, 0.4) is 0 Å². The lowest BCUT2D eigenvalue weighted by Crippen LogP contribution is -2.39. The van der Waals surface area contributed by atoms with E-state index in [1.165, 1.54) is 0 Å². The summed E-state index contributed by atoms with van der Waals surface area (Å²) in [5.41, 5.74) is 0. The van der Waals surface area contributed by atoms with Gasteiger partial charge in [-0.05, 0) is 22.9 Å². The number of methoxy groups -OCH3 is 1. The van der Waals surface area contributed by atoms with Gasteiger partial charge in [0.2, 0.25) is 5.91 Å². The monoisotopic (exact) mass is 344 g/mol. The molecule has 2 N–H and O–H groups in total. The van der Waals surface area contributed by atoms with Crippen LogP contribution in [-0.2, 0) is 9.53 Å². The third-order valence-electron chi connectivity index (χ3n) is 2.59. The molecule has 0 spiro atoms. The highest BCUT2D eigenvalue weighted by molar-refractivity contribution is 9.10. The first kappa shape index (κ1) is 16.8. The van der Waals surface area contributed by atoms with Crippen molar-refractivity contribution in [3.63, 3.8) is 0 Å². The molecule has 0 aliphatic carbocycles. The second kappa shape index (κ2) is 8.16. The van der Waals surface area contributed by atoms with E-state index in [1.54, 1.807) is 20.1 Å². The Hall–Kier alpha value is -1.21. The second-order valence-corrected chi connectivity index (χ2v) is 5.55. The maximum absolute atomic E-state index is 11.8. The van der Waals surface area contributed by atoms with Crippen LogP contribution in [-0.4, -0.2) is 42.2 Å². The van der Waals surface area contributed by atoms with E-state index in [9.17, 15) is 4.79 Å². The van der Waals surface area contributed by atoms with Crippen molar-refractivity contribution in [2.75, 3.05) is 25.6 Å². The molecule has 112 valence electrons. The van der Waals surface area contributed by atoms with Crippen molar-refractivity contribution in [1.29, 1.82) is 0 Å². The summed E-state index contributed by atoms with van der Waals surface area (Å²) in [6.45, 7) is 6.81. The third kappa shape index (κ3) is 5.42. The number of hydrogen-bond acceptors (Lipinski definition) is 5. The molecule has 7 heteroatoms. The van der Waals surface area contributed by atoms with Crippen LogP contribution in [0.25, 0.3) is 0 Å². The minimum Gasteiger partial charge on any atom is -0.383 e. The smallest absolute Gasteiger partial charge is 0.242 e. The fraction of sp³-hybridized carbons (Fsp3) is 0.615. The Kier molecular flexibility index (Phi) is 6.87. The summed E-state index contributed by atoms with van der Waals surface area (Å²) in [5, 5.41) is 5.84. The van der Waals surface area contributed by atoms with Gasteiger partial charge in [-0.25, -0.2) is 9.97 Å². The Morgan fingerprint density at radius 3 is 2.70 bits per heavy atom. The van der Waals surface area contributed by atoms with Crippen molar-refractivity contribution in [2.24, 2.45) is 0 Å². The molecule has 0 aliphatic heterocycles. The third-order valence-corrected chi connectivity index (χ3v) is 3.00. The van der Waals surface area contributed by atoms with Crippen LogP contribution >= 0.6 is 15.9 Å². The molecule has 20 heavy (non-hydrogen) atoms. The summed E-state index contributed by atoms with van der Waals surface area (Å²) in [7, 11) is 1.60. The number of halogens is 1. The van der Waals surface area contributed by atoms with Gasteiger partial charge in [0.15, 0.2) is 0 Å². The highest BCUT2D eigenvalue weighted by atomic mass is 79.9. The summed E-state index contributed by atoms with van der Waals surface area (Å²) >= 11 is 3.35. The minimum atomic E-state index is -0.381. The molecule has 1 atom stereocenters. The zero-order chi connectivity index (χ0) is 15.1. The van der Waals surface area contributed by atoms with Crippen LogP contribution in [0.1, 0.15) is 32.5 Å². The van der Waals surface area contributed by atoms with E-state index in [1.807, 2.05) is 13.8 Å². The van der Waals surface area contributed by atoms with Gasteiger partial charge < -0.3 is 15.4 Å². The van der Waals surface area contributed by atoms with E-state index in [2.05, 4.69) is 36.5 Å². The molecule has 1 unspecified atom stereocenters. The van der Waals surface area contributed by atoms with E-state index >= 15 is 0 Å². The second-order valence-electron chi connectivity index (χ2n) is 4.74. The van der Waals surface area contributed by atoms with Crippen molar-refractivity contribution in [3.8, 4) is 0 Å². The normalized spacial score (nSPS) is 12.3. The molecule has 0 aromatic carbocycles. The van der Waals surface area contributed by atoms with Crippen LogP contribution in [0.4, 0.5) is 5.82 Å². The topological polar surface area (TPSA) is 76.1 Å². The molecule has 1 amide bonds. The van der Waals surface area contributed by atoms with E-state index in [0.717, 1.165) is 5.82 Å². The van der Waals surface area contributed by atoms with E-state index in [4.69, 9.17) is 4.74 Å². The number of ether oxygens (including phenoxy) is 1. The summed E-state index contributed by atoms with van der Waals surface area (Å²) < 4.78 is 5.59. The van der Waals surface area contributed by atoms with Crippen molar-refractivity contribution >= 4 is 27.7 Å². The van der Waals surface area contributed by atoms with Gasteiger partial charge in [-0.2, -0.15) is 0 Å². The highest BCUT2D eigenvalue weighted by Crippen LogP contribution is 2.17. The lowest BCUT2D eigenvalue weighted by Gasteiger charge is -2.15. The van der Waals surface area contributed by atoms with Crippen LogP contribution in [0, 0.1) is 0 Å². The van der Waals surface area contributed by atoms with Gasteiger partial charge in [0.1, 0.15) is 22.3 Å². The SMILES string of the molecule is COCCNC(=O)C(C)Nc1cc(Br)nc(C(C)C)n1. The predicted molar refractivity (Wildman–Crippen MR) is 81.8 cm³/mol. The number of aromatic nitrogens is 2. The lowest BCUT2D eigenvalue weighted by molar-refractivity contribution is -0.121. The quantitative estimate of drug-likeness (QED) is 0.583. The van der Waals surface area contributed by atoms with Crippen LogP contribution < -0.4 is 10.6 Å². The molecule has 6 nitrogen and oxygen atoms in total. The molecule has 0 aliphatic rings. The van der Waals surface area contributed by atoms with Crippen LogP contribution in [0.2, 0.25) is 0 Å². The number of amides is 1. The Bertz CT molecular complexity index is 454. The largest absolute Gasteiger partial charge is 0.383 e. The number of rotatable bonds is 7. The Labute approximate surface area is 127 Å². The van der Waals surface area contributed by atoms with Gasteiger partial charge in [0, 0.05) is 25.6 Å². The van der Waals surface area contributed by atoms with Crippen molar-refractivity contribution in [2.45, 2.75) is 32.7 Å². The molecule has 1 aromatic heterocycles. The number of anilines is 1. The molecule has 1 heterocycles. The first-order chi connectivity index (χ1) is 9.43. The number of nitrogens with zero attached hydrogens (tertiary/aromatic N) is 2. The first-order valence-electron chi connectivity index (χ1n) is 6.51. The Balaban J connectivity index is 2.65. The molecule has 0 saturated heterocycles. The average molecular weight is 345 g/mol. The zero-order valence-corrected chi connectivity index (χ0v) is 13.8. The van der Waals surface area contributed by atoms with Gasteiger partial charge in [-0.15, -0.1) is 0 Å². The predicted octanol–water partition coefficient (Wildman–Crippen LogP) is 1.93. The summed E-state index contributed by atoms with van der Waals surface area (Å²) in [4.78, 5) is 20.5. The van der Waals surface area contributed by atoms with E-state index in [0.29, 0.717) is 23.6 Å². The standard InChI is InChI=1S/C13H21BrN4O2/c1-8(2)12-17-10(14)7-11(18-12)16-9(3)13(19)15-5-6-20-4/h7-9H,5-6H2,1-4H3,(H,15,19)(H,16,17,18). The average Bonchev–Trinajstić information content (AvgIpc) is 2.38. The van der Waals surface area contributed by atoms with Crippen molar-refractivity contribution < 1.29 is 9.53 Å². The maximum Gasteiger partial charge on any atom is 0.242 e. The highest BCUT2D eigenvalue weighted by Gasteiger charge is 2.14. The molecular weight excluding hydrogens is 324 g/mol. The van der Waals surface area contributed by atoms with E-state index < -0.39 is 0 Å². The maximum atomic E-state index is 11.8. The van der Waals surface area contributed by atoms with Gasteiger partial charge in [-0.1, -0.05) is 13.8 Å². The minimum absolute atomic E-state index is 0.0946. The molecular formula is C13H21BrN4O2. The van der Waals surface area contributed by atoms with Crippen molar-refractivity contribution in [1.82, 2.24) is 15.3 Å². The molecule has 0 fully saturated rings. The fourth-order valence-corrected chi connectivity index (χ4v) is 1.88. The number of carbonyl (C=O) groups is 1. The van der Waals surface area contributed by atoms with Gasteiger partial charge >= 0.3 is 0 Å². The Morgan fingerprint density at radius 2 is 2.10 bits per heavy atom. The molecule has 0 saturated carbocycles. The molecule has 0 bridgehead atoms. The number of nitrogens with one attached hydrogen (secondary N) is 2. The molecule has 1 rings (SSSR count). The number of hydrogen-bond donors (Lipinski definition) is 2. The van der Waals surface area contributed by atoms with Crippen LogP contribution in [0.5, 0.6) is 0 Å². The van der Waals surface area contributed by atoms with Crippen molar-refractivity contribution in [3.05, 3.63) is 16.5 Å². The fourth-order valence-electron chi connectivity index (χ4n) is 1.48. The molecule has 1 aromatic rings. The van der Waals surface area contributed by atoms with Gasteiger partial charge in [0.25, 0.3) is 0 Å². The zero-order valence-electron chi connectivity index (χ0n) is 12.2. The van der Waals surface area contributed by atoms with E-state index in [-0.39, 0.29) is 17.9 Å². The first-order valence-corrected chi connectivity index (χ1v) is 7.31.